The van der Waals surface area contributed by atoms with E-state index in [-0.39, 0.29) is 5.82 Å². The molecule has 3 nitrogen and oxygen atoms in total. The van der Waals surface area contributed by atoms with Crippen molar-refractivity contribution in [3.63, 3.8) is 0 Å². The number of nitrogens with zero attached hydrogens (tertiary/aromatic N) is 1. The summed E-state index contributed by atoms with van der Waals surface area (Å²) in [6.07, 6.45) is 1.77. The van der Waals surface area contributed by atoms with E-state index in [2.05, 4.69) is 0 Å². The summed E-state index contributed by atoms with van der Waals surface area (Å²) >= 11 is 6.04. The van der Waals surface area contributed by atoms with Crippen LogP contribution in [0.3, 0.4) is 0 Å². The fraction of sp³-hybridized carbons (Fsp3) is 0.118. The molecule has 0 saturated carbocycles. The SMILES string of the molecule is CC(C(=O)O)c1cn(-c2ccc(F)cc2)c2ccc(Cl)cc12. The summed E-state index contributed by atoms with van der Waals surface area (Å²) in [6.45, 7) is 1.63. The van der Waals surface area contributed by atoms with Crippen LogP contribution < -0.4 is 0 Å². The quantitative estimate of drug-likeness (QED) is 0.766. The van der Waals surface area contributed by atoms with E-state index in [9.17, 15) is 14.3 Å². The minimum atomic E-state index is -0.905. The van der Waals surface area contributed by atoms with Gasteiger partial charge in [-0.1, -0.05) is 11.6 Å². The third kappa shape index (κ3) is 2.46. The van der Waals surface area contributed by atoms with Crippen LogP contribution >= 0.6 is 11.6 Å². The van der Waals surface area contributed by atoms with Gasteiger partial charge in [-0.25, -0.2) is 4.39 Å². The highest BCUT2D eigenvalue weighted by atomic mass is 35.5. The molecule has 1 N–H and O–H groups in total. The largest absolute Gasteiger partial charge is 0.481 e. The Morgan fingerprint density at radius 1 is 1.23 bits per heavy atom. The highest BCUT2D eigenvalue weighted by molar-refractivity contribution is 6.31. The summed E-state index contributed by atoms with van der Waals surface area (Å²) in [6, 6.07) is 11.4. The van der Waals surface area contributed by atoms with E-state index in [1.807, 2.05) is 10.6 Å². The summed E-state index contributed by atoms with van der Waals surface area (Å²) in [7, 11) is 0. The molecule has 0 amide bonds. The standard InChI is InChI=1S/C17H13ClFNO2/c1-10(17(21)22)15-9-20(13-5-3-12(19)4-6-13)16-7-2-11(18)8-14(15)16/h2-10H,1H3,(H,21,22). The number of rotatable bonds is 3. The zero-order valence-corrected chi connectivity index (χ0v) is 12.5. The second kappa shape index (κ2) is 5.46. The molecule has 0 aliphatic rings. The number of carboxylic acid groups (broad SMARTS) is 1. The maximum atomic E-state index is 13.1. The first-order chi connectivity index (χ1) is 10.5. The van der Waals surface area contributed by atoms with Crippen molar-refractivity contribution in [2.45, 2.75) is 12.8 Å². The van der Waals surface area contributed by atoms with Crippen molar-refractivity contribution in [1.82, 2.24) is 4.57 Å². The molecular formula is C17H13ClFNO2. The molecule has 0 aliphatic heterocycles. The minimum absolute atomic E-state index is 0.317. The molecule has 3 rings (SSSR count). The fourth-order valence-electron chi connectivity index (χ4n) is 2.52. The third-order valence-electron chi connectivity index (χ3n) is 3.74. The Morgan fingerprint density at radius 3 is 2.55 bits per heavy atom. The van der Waals surface area contributed by atoms with Crippen molar-refractivity contribution in [3.05, 3.63) is 65.1 Å². The van der Waals surface area contributed by atoms with E-state index in [1.165, 1.54) is 12.1 Å². The van der Waals surface area contributed by atoms with Gasteiger partial charge in [-0.05, 0) is 55.0 Å². The highest BCUT2D eigenvalue weighted by Crippen LogP contribution is 2.32. The predicted molar refractivity (Wildman–Crippen MR) is 84.3 cm³/mol. The van der Waals surface area contributed by atoms with E-state index < -0.39 is 11.9 Å². The van der Waals surface area contributed by atoms with E-state index in [0.717, 1.165) is 16.6 Å². The number of halogens is 2. The van der Waals surface area contributed by atoms with Crippen LogP contribution in [0.25, 0.3) is 16.6 Å². The van der Waals surface area contributed by atoms with E-state index in [4.69, 9.17) is 11.6 Å². The van der Waals surface area contributed by atoms with Gasteiger partial charge in [0.1, 0.15) is 5.82 Å². The molecule has 3 aromatic rings. The van der Waals surface area contributed by atoms with Gasteiger partial charge in [-0.15, -0.1) is 0 Å². The Bertz CT molecular complexity index is 855. The molecule has 0 bridgehead atoms. The van der Waals surface area contributed by atoms with Crippen LogP contribution in [-0.2, 0) is 4.79 Å². The summed E-state index contributed by atoms with van der Waals surface area (Å²) in [5.41, 5.74) is 2.27. The molecule has 1 atom stereocenters. The number of aliphatic carboxylic acids is 1. The Kier molecular flexibility index (Phi) is 3.62. The molecular weight excluding hydrogens is 305 g/mol. The molecule has 1 aromatic heterocycles. The van der Waals surface area contributed by atoms with Crippen molar-refractivity contribution in [2.75, 3.05) is 0 Å². The van der Waals surface area contributed by atoms with Crippen LogP contribution in [0.5, 0.6) is 0 Å². The van der Waals surface area contributed by atoms with Crippen LogP contribution in [0.2, 0.25) is 5.02 Å². The van der Waals surface area contributed by atoms with Gasteiger partial charge in [0, 0.05) is 22.3 Å². The lowest BCUT2D eigenvalue weighted by molar-refractivity contribution is -0.138. The maximum absolute atomic E-state index is 13.1. The van der Waals surface area contributed by atoms with Crippen molar-refractivity contribution >= 4 is 28.5 Å². The predicted octanol–water partition coefficient (Wildman–Crippen LogP) is 4.61. The zero-order chi connectivity index (χ0) is 15.9. The maximum Gasteiger partial charge on any atom is 0.310 e. The van der Waals surface area contributed by atoms with Crippen LogP contribution in [-0.4, -0.2) is 15.6 Å². The lowest BCUT2D eigenvalue weighted by Crippen LogP contribution is -2.06. The molecule has 0 saturated heterocycles. The van der Waals surface area contributed by atoms with Gasteiger partial charge in [-0.2, -0.15) is 0 Å². The molecule has 22 heavy (non-hydrogen) atoms. The molecule has 0 radical (unpaired) electrons. The number of carbonyl (C=O) groups is 1. The van der Waals surface area contributed by atoms with Crippen molar-refractivity contribution in [3.8, 4) is 5.69 Å². The minimum Gasteiger partial charge on any atom is -0.481 e. The van der Waals surface area contributed by atoms with Crippen LogP contribution in [0.1, 0.15) is 18.4 Å². The van der Waals surface area contributed by atoms with Crippen LogP contribution in [0.15, 0.2) is 48.7 Å². The van der Waals surface area contributed by atoms with E-state index in [1.54, 1.807) is 37.4 Å². The van der Waals surface area contributed by atoms with Gasteiger partial charge in [0.05, 0.1) is 11.4 Å². The second-order valence-electron chi connectivity index (χ2n) is 5.15. The van der Waals surface area contributed by atoms with E-state index >= 15 is 0 Å². The molecule has 0 aliphatic carbocycles. The number of hydrogen-bond acceptors (Lipinski definition) is 1. The highest BCUT2D eigenvalue weighted by Gasteiger charge is 2.20. The molecule has 112 valence electrons. The summed E-state index contributed by atoms with van der Waals surface area (Å²) in [5, 5.41) is 10.6. The first kappa shape index (κ1) is 14.6. The van der Waals surface area contributed by atoms with Gasteiger partial charge in [0.2, 0.25) is 0 Å². The summed E-state index contributed by atoms with van der Waals surface area (Å²) in [5.74, 6) is -1.89. The molecule has 0 fully saturated rings. The average Bonchev–Trinajstić information content (AvgIpc) is 2.85. The summed E-state index contributed by atoms with van der Waals surface area (Å²) in [4.78, 5) is 11.3. The average molecular weight is 318 g/mol. The third-order valence-corrected chi connectivity index (χ3v) is 3.97. The van der Waals surface area contributed by atoms with Gasteiger partial charge in [0.15, 0.2) is 0 Å². The molecule has 1 heterocycles. The topological polar surface area (TPSA) is 42.2 Å². The lowest BCUT2D eigenvalue weighted by atomic mass is 10.0. The smallest absolute Gasteiger partial charge is 0.310 e. The van der Waals surface area contributed by atoms with Crippen LogP contribution in [0.4, 0.5) is 4.39 Å². The summed E-state index contributed by atoms with van der Waals surface area (Å²) < 4.78 is 15.0. The molecule has 5 heteroatoms. The number of benzene rings is 2. The second-order valence-corrected chi connectivity index (χ2v) is 5.59. The first-order valence-corrected chi connectivity index (χ1v) is 7.14. The first-order valence-electron chi connectivity index (χ1n) is 6.76. The fourth-order valence-corrected chi connectivity index (χ4v) is 2.69. The lowest BCUT2D eigenvalue weighted by Gasteiger charge is -2.05. The molecule has 2 aromatic carbocycles. The Morgan fingerprint density at radius 2 is 1.91 bits per heavy atom. The van der Waals surface area contributed by atoms with Gasteiger partial charge >= 0.3 is 5.97 Å². The van der Waals surface area contributed by atoms with E-state index in [0.29, 0.717) is 10.6 Å². The number of hydrogen-bond donors (Lipinski definition) is 1. The molecule has 0 spiro atoms. The van der Waals surface area contributed by atoms with Crippen molar-refractivity contribution in [2.24, 2.45) is 0 Å². The normalized spacial score (nSPS) is 12.5. The Balaban J connectivity index is 2.27. The zero-order valence-electron chi connectivity index (χ0n) is 11.8. The van der Waals surface area contributed by atoms with Gasteiger partial charge < -0.3 is 9.67 Å². The van der Waals surface area contributed by atoms with Gasteiger partial charge in [-0.3, -0.25) is 4.79 Å². The van der Waals surface area contributed by atoms with Gasteiger partial charge in [0.25, 0.3) is 0 Å². The number of carboxylic acids is 1. The Labute approximate surface area is 131 Å². The number of fused-ring (bicyclic) bond motifs is 1. The van der Waals surface area contributed by atoms with Crippen molar-refractivity contribution in [1.29, 1.82) is 0 Å². The Hall–Kier alpha value is -2.33. The number of aromatic nitrogens is 1. The molecule has 1 unspecified atom stereocenters. The van der Waals surface area contributed by atoms with Crippen LogP contribution in [0, 0.1) is 5.82 Å². The monoisotopic (exact) mass is 317 g/mol. The van der Waals surface area contributed by atoms with Crippen molar-refractivity contribution < 1.29 is 14.3 Å².